The van der Waals surface area contributed by atoms with E-state index < -0.39 is 0 Å². The van der Waals surface area contributed by atoms with Gasteiger partial charge in [0.15, 0.2) is 11.6 Å². The third kappa shape index (κ3) is 5.27. The van der Waals surface area contributed by atoms with E-state index in [0.29, 0.717) is 17.0 Å². The molecule has 2 aromatic carbocycles. The number of hydrogen-bond donors (Lipinski definition) is 0. The van der Waals surface area contributed by atoms with Crippen LogP contribution in [-0.4, -0.2) is 11.6 Å². The minimum Gasteiger partial charge on any atom is -0.294 e. The number of carbonyl (C=O) groups is 2. The second-order valence-electron chi connectivity index (χ2n) is 5.17. The van der Waals surface area contributed by atoms with E-state index >= 15 is 0 Å². The largest absolute Gasteiger partial charge is 1.00 e. The van der Waals surface area contributed by atoms with Crippen molar-refractivity contribution in [2.24, 2.45) is 0 Å². The number of ketones is 2. The summed E-state index contributed by atoms with van der Waals surface area (Å²) >= 11 is 0. The van der Waals surface area contributed by atoms with Gasteiger partial charge in [-0.3, -0.25) is 9.59 Å². The van der Waals surface area contributed by atoms with Crippen LogP contribution >= 0.6 is 0 Å². The molecule has 0 saturated carbocycles. The minimum absolute atomic E-state index is 0. The summed E-state index contributed by atoms with van der Waals surface area (Å²) in [6.45, 7) is 4.21. The Kier molecular flexibility index (Phi) is 7.70. The van der Waals surface area contributed by atoms with Crippen LogP contribution in [0.4, 0.5) is 0 Å². The SMILES string of the molecule is CC(C)c1ccc(C(=O)CC(=O)c2ccccc2)cc1.[K+]. The van der Waals surface area contributed by atoms with Crippen molar-refractivity contribution in [2.45, 2.75) is 26.2 Å². The fraction of sp³-hybridized carbons (Fsp3) is 0.222. The van der Waals surface area contributed by atoms with Gasteiger partial charge in [-0.1, -0.05) is 68.4 Å². The zero-order chi connectivity index (χ0) is 14.5. The van der Waals surface area contributed by atoms with E-state index in [1.807, 2.05) is 18.2 Å². The summed E-state index contributed by atoms with van der Waals surface area (Å²) in [4.78, 5) is 24.1. The second-order valence-corrected chi connectivity index (χ2v) is 5.17. The van der Waals surface area contributed by atoms with Gasteiger partial charge in [0, 0.05) is 11.1 Å². The molecule has 0 bridgehead atoms. The van der Waals surface area contributed by atoms with Gasteiger partial charge in [0.1, 0.15) is 0 Å². The molecule has 0 aromatic heterocycles. The van der Waals surface area contributed by atoms with Gasteiger partial charge in [-0.2, -0.15) is 0 Å². The molecule has 0 unspecified atom stereocenters. The molecule has 102 valence electrons. The van der Waals surface area contributed by atoms with Crippen LogP contribution in [-0.2, 0) is 0 Å². The molecule has 0 heterocycles. The van der Waals surface area contributed by atoms with E-state index in [9.17, 15) is 9.59 Å². The van der Waals surface area contributed by atoms with Gasteiger partial charge in [-0.25, -0.2) is 0 Å². The third-order valence-electron chi connectivity index (χ3n) is 3.32. The smallest absolute Gasteiger partial charge is 0.294 e. The molecule has 0 aliphatic heterocycles. The van der Waals surface area contributed by atoms with Gasteiger partial charge in [0.05, 0.1) is 6.42 Å². The molecule has 2 rings (SSSR count). The first-order valence-electron chi connectivity index (χ1n) is 6.79. The number of hydrogen-bond acceptors (Lipinski definition) is 2. The summed E-state index contributed by atoms with van der Waals surface area (Å²) in [6.07, 6.45) is -0.0783. The average Bonchev–Trinajstić information content (AvgIpc) is 2.48. The third-order valence-corrected chi connectivity index (χ3v) is 3.32. The van der Waals surface area contributed by atoms with Crippen LogP contribution < -0.4 is 51.4 Å². The van der Waals surface area contributed by atoms with E-state index in [4.69, 9.17) is 0 Å². The summed E-state index contributed by atoms with van der Waals surface area (Å²) in [6, 6.07) is 16.4. The Hall–Kier alpha value is -0.584. The topological polar surface area (TPSA) is 34.1 Å². The Bertz CT molecular complexity index is 601. The molecule has 0 amide bonds. The summed E-state index contributed by atoms with van der Waals surface area (Å²) < 4.78 is 0. The maximum Gasteiger partial charge on any atom is 1.00 e. The molecule has 0 N–H and O–H groups in total. The molecule has 2 nitrogen and oxygen atoms in total. The molecule has 21 heavy (non-hydrogen) atoms. The predicted molar refractivity (Wildman–Crippen MR) is 80.3 cm³/mol. The van der Waals surface area contributed by atoms with Crippen molar-refractivity contribution in [1.29, 1.82) is 0 Å². The van der Waals surface area contributed by atoms with Gasteiger partial charge >= 0.3 is 51.4 Å². The van der Waals surface area contributed by atoms with E-state index in [2.05, 4.69) is 13.8 Å². The molecule has 0 aliphatic rings. The molecular formula is C18H18KO2+. The van der Waals surface area contributed by atoms with Gasteiger partial charge in [0.25, 0.3) is 0 Å². The van der Waals surface area contributed by atoms with Crippen LogP contribution in [0.5, 0.6) is 0 Å². The molecule has 0 fully saturated rings. The molecule has 0 aliphatic carbocycles. The van der Waals surface area contributed by atoms with E-state index in [1.54, 1.807) is 36.4 Å². The molecule has 0 spiro atoms. The molecule has 0 saturated heterocycles. The van der Waals surface area contributed by atoms with Crippen molar-refractivity contribution < 1.29 is 61.0 Å². The maximum absolute atomic E-state index is 12.1. The summed E-state index contributed by atoms with van der Waals surface area (Å²) in [5, 5.41) is 0. The van der Waals surface area contributed by atoms with E-state index in [1.165, 1.54) is 5.56 Å². The number of Topliss-reactive ketones (excluding diaryl/α,β-unsaturated/α-hetero) is 2. The number of benzene rings is 2. The summed E-state index contributed by atoms with van der Waals surface area (Å²) in [7, 11) is 0. The fourth-order valence-corrected chi connectivity index (χ4v) is 2.03. The van der Waals surface area contributed by atoms with Crippen molar-refractivity contribution >= 4 is 11.6 Å². The standard InChI is InChI=1S/C18H18O2.K/c1-13(2)14-8-10-16(11-9-14)18(20)12-17(19)15-6-4-3-5-7-15;/h3-11,13H,12H2,1-2H3;/q;+1. The monoisotopic (exact) mass is 305 g/mol. The fourth-order valence-electron chi connectivity index (χ4n) is 2.03. The first-order valence-corrected chi connectivity index (χ1v) is 6.79. The van der Waals surface area contributed by atoms with Crippen LogP contribution in [0.2, 0.25) is 0 Å². The number of carbonyl (C=O) groups excluding carboxylic acids is 2. The zero-order valence-corrected chi connectivity index (χ0v) is 15.9. The molecule has 2 aromatic rings. The van der Waals surface area contributed by atoms with Gasteiger partial charge < -0.3 is 0 Å². The van der Waals surface area contributed by atoms with Crippen molar-refractivity contribution in [2.75, 3.05) is 0 Å². The Morgan fingerprint density at radius 1 is 0.810 bits per heavy atom. The Morgan fingerprint density at radius 2 is 1.29 bits per heavy atom. The zero-order valence-electron chi connectivity index (χ0n) is 12.8. The van der Waals surface area contributed by atoms with Crippen LogP contribution in [0.3, 0.4) is 0 Å². The molecule has 0 radical (unpaired) electrons. The second kappa shape index (κ2) is 8.76. The van der Waals surface area contributed by atoms with Gasteiger partial charge in [-0.15, -0.1) is 0 Å². The summed E-state index contributed by atoms with van der Waals surface area (Å²) in [5.41, 5.74) is 2.37. The van der Waals surface area contributed by atoms with E-state index in [-0.39, 0.29) is 69.4 Å². The Morgan fingerprint density at radius 3 is 1.76 bits per heavy atom. The minimum atomic E-state index is -0.136. The Balaban J connectivity index is 0.00000220. The van der Waals surface area contributed by atoms with Crippen molar-refractivity contribution in [3.05, 3.63) is 71.3 Å². The predicted octanol–water partition coefficient (Wildman–Crippen LogP) is 1.27. The first kappa shape index (κ1) is 18.5. The summed E-state index contributed by atoms with van der Waals surface area (Å²) in [5.74, 6) is 0.169. The average molecular weight is 305 g/mol. The molecular weight excluding hydrogens is 287 g/mol. The molecule has 3 heteroatoms. The van der Waals surface area contributed by atoms with Crippen LogP contribution in [0.15, 0.2) is 54.6 Å². The van der Waals surface area contributed by atoms with Crippen LogP contribution in [0.1, 0.15) is 52.5 Å². The maximum atomic E-state index is 12.1. The van der Waals surface area contributed by atoms with Gasteiger partial charge in [0.2, 0.25) is 0 Å². The van der Waals surface area contributed by atoms with Crippen molar-refractivity contribution in [1.82, 2.24) is 0 Å². The molecule has 0 atom stereocenters. The Labute approximate surface area is 168 Å². The number of rotatable bonds is 5. The van der Waals surface area contributed by atoms with Crippen molar-refractivity contribution in [3.8, 4) is 0 Å². The van der Waals surface area contributed by atoms with Crippen LogP contribution in [0.25, 0.3) is 0 Å². The van der Waals surface area contributed by atoms with Gasteiger partial charge in [-0.05, 0) is 11.5 Å². The van der Waals surface area contributed by atoms with E-state index in [0.717, 1.165) is 0 Å². The normalized spacial score (nSPS) is 10.0. The first-order chi connectivity index (χ1) is 9.58. The van der Waals surface area contributed by atoms with Crippen molar-refractivity contribution in [3.63, 3.8) is 0 Å². The van der Waals surface area contributed by atoms with Crippen LogP contribution in [0, 0.1) is 0 Å². The quantitative estimate of drug-likeness (QED) is 0.474.